The molecule has 1 aromatic rings. The molecule has 1 heterocycles. The number of likely N-dealkylation sites (tertiary alicyclic amines) is 1. The fourth-order valence-corrected chi connectivity index (χ4v) is 2.89. The first-order chi connectivity index (χ1) is 9.24. The van der Waals surface area contributed by atoms with Crippen molar-refractivity contribution in [2.75, 3.05) is 26.7 Å². The highest BCUT2D eigenvalue weighted by molar-refractivity contribution is 5.20. The van der Waals surface area contributed by atoms with Gasteiger partial charge in [-0.25, -0.2) is 4.39 Å². The summed E-state index contributed by atoms with van der Waals surface area (Å²) >= 11 is 0. The van der Waals surface area contributed by atoms with Crippen molar-refractivity contribution in [1.82, 2.24) is 10.2 Å². The summed E-state index contributed by atoms with van der Waals surface area (Å²) in [5, 5.41) is 12.6. The number of nitrogens with one attached hydrogen (secondary N) is 1. The highest BCUT2D eigenvalue weighted by Crippen LogP contribution is 2.21. The van der Waals surface area contributed by atoms with Crippen molar-refractivity contribution in [3.8, 4) is 0 Å². The molecule has 106 valence electrons. The summed E-state index contributed by atoms with van der Waals surface area (Å²) in [5.41, 5.74) is 0.988. The predicted octanol–water partition coefficient (Wildman–Crippen LogP) is 1.93. The van der Waals surface area contributed by atoms with Gasteiger partial charge in [-0.05, 0) is 50.6 Å². The van der Waals surface area contributed by atoms with Crippen LogP contribution in [0.5, 0.6) is 0 Å². The van der Waals surface area contributed by atoms with E-state index in [0.717, 1.165) is 37.9 Å². The summed E-state index contributed by atoms with van der Waals surface area (Å²) in [6.45, 7) is 2.24. The highest BCUT2D eigenvalue weighted by atomic mass is 19.1. The van der Waals surface area contributed by atoms with Crippen LogP contribution in [0.3, 0.4) is 0 Å². The Morgan fingerprint density at radius 1 is 1.53 bits per heavy atom. The van der Waals surface area contributed by atoms with Gasteiger partial charge in [0.05, 0.1) is 6.61 Å². The third-order valence-electron chi connectivity index (χ3n) is 4.01. The maximum absolute atomic E-state index is 13.3. The van der Waals surface area contributed by atoms with Crippen molar-refractivity contribution in [3.05, 3.63) is 35.6 Å². The van der Waals surface area contributed by atoms with Crippen LogP contribution in [0.2, 0.25) is 0 Å². The number of rotatable bonds is 6. The topological polar surface area (TPSA) is 35.5 Å². The molecule has 19 heavy (non-hydrogen) atoms. The first-order valence-electron chi connectivity index (χ1n) is 7.02. The Kier molecular flexibility index (Phi) is 5.31. The number of aliphatic hydroxyl groups excluding tert-OH is 1. The normalized spacial score (nSPS) is 21.7. The van der Waals surface area contributed by atoms with Crippen LogP contribution in [0.25, 0.3) is 0 Å². The van der Waals surface area contributed by atoms with Crippen LogP contribution in [0.1, 0.15) is 30.9 Å². The minimum Gasteiger partial charge on any atom is -0.395 e. The molecule has 0 bridgehead atoms. The van der Waals surface area contributed by atoms with Gasteiger partial charge in [-0.2, -0.15) is 0 Å². The molecule has 0 aliphatic carbocycles. The van der Waals surface area contributed by atoms with E-state index in [1.54, 1.807) is 12.1 Å². The molecule has 1 saturated heterocycles. The van der Waals surface area contributed by atoms with Gasteiger partial charge in [0, 0.05) is 18.6 Å². The molecule has 1 aromatic carbocycles. The summed E-state index contributed by atoms with van der Waals surface area (Å²) < 4.78 is 13.3. The number of aliphatic hydroxyl groups is 1. The predicted molar refractivity (Wildman–Crippen MR) is 74.5 cm³/mol. The van der Waals surface area contributed by atoms with Gasteiger partial charge in [-0.3, -0.25) is 4.90 Å². The molecule has 0 radical (unpaired) electrons. The zero-order valence-electron chi connectivity index (χ0n) is 11.5. The fourth-order valence-electron chi connectivity index (χ4n) is 2.89. The lowest BCUT2D eigenvalue weighted by atomic mass is 10.0. The fraction of sp³-hybridized carbons (Fsp3) is 0.600. The van der Waals surface area contributed by atoms with Gasteiger partial charge in [0.2, 0.25) is 0 Å². The summed E-state index contributed by atoms with van der Waals surface area (Å²) in [6.07, 6.45) is 3.17. The van der Waals surface area contributed by atoms with Gasteiger partial charge in [-0.15, -0.1) is 0 Å². The Labute approximate surface area is 114 Å². The average molecular weight is 266 g/mol. The molecule has 0 saturated carbocycles. The SMILES string of the molecule is CNC(CCN1CCCC1CO)c1cccc(F)c1. The van der Waals surface area contributed by atoms with Crippen LogP contribution < -0.4 is 5.32 Å². The summed E-state index contributed by atoms with van der Waals surface area (Å²) in [5.74, 6) is -0.188. The van der Waals surface area contributed by atoms with Crippen molar-refractivity contribution >= 4 is 0 Å². The van der Waals surface area contributed by atoms with Gasteiger partial charge in [0.1, 0.15) is 5.82 Å². The molecule has 3 nitrogen and oxygen atoms in total. The van der Waals surface area contributed by atoms with E-state index in [1.807, 2.05) is 13.1 Å². The average Bonchev–Trinajstić information content (AvgIpc) is 2.87. The second kappa shape index (κ2) is 6.98. The Morgan fingerprint density at radius 2 is 2.37 bits per heavy atom. The van der Waals surface area contributed by atoms with Crippen LogP contribution in [-0.4, -0.2) is 42.8 Å². The van der Waals surface area contributed by atoms with E-state index >= 15 is 0 Å². The molecule has 1 aliphatic heterocycles. The second-order valence-corrected chi connectivity index (χ2v) is 5.20. The monoisotopic (exact) mass is 266 g/mol. The molecule has 2 unspecified atom stereocenters. The third kappa shape index (κ3) is 3.75. The number of hydrogen-bond donors (Lipinski definition) is 2. The third-order valence-corrected chi connectivity index (χ3v) is 4.01. The van der Waals surface area contributed by atoms with Gasteiger partial charge in [0.15, 0.2) is 0 Å². The number of nitrogens with zero attached hydrogens (tertiary/aromatic N) is 1. The Bertz CT molecular complexity index is 399. The van der Waals surface area contributed by atoms with Crippen LogP contribution in [0, 0.1) is 5.82 Å². The van der Waals surface area contributed by atoms with Gasteiger partial charge >= 0.3 is 0 Å². The summed E-state index contributed by atoms with van der Waals surface area (Å²) in [7, 11) is 1.91. The first kappa shape index (κ1) is 14.4. The molecule has 1 aliphatic rings. The van der Waals surface area contributed by atoms with Crippen LogP contribution in [-0.2, 0) is 0 Å². The van der Waals surface area contributed by atoms with Gasteiger partial charge < -0.3 is 10.4 Å². The van der Waals surface area contributed by atoms with E-state index in [2.05, 4.69) is 10.2 Å². The van der Waals surface area contributed by atoms with E-state index in [4.69, 9.17) is 0 Å². The summed E-state index contributed by atoms with van der Waals surface area (Å²) in [4.78, 5) is 2.34. The van der Waals surface area contributed by atoms with Crippen molar-refractivity contribution in [3.63, 3.8) is 0 Å². The minimum atomic E-state index is -0.188. The molecule has 2 N–H and O–H groups in total. The standard InChI is InChI=1S/C15H23FN2O/c1-17-15(12-4-2-5-13(16)10-12)7-9-18-8-3-6-14(18)11-19/h2,4-5,10,14-15,17,19H,3,6-9,11H2,1H3. The smallest absolute Gasteiger partial charge is 0.123 e. The lowest BCUT2D eigenvalue weighted by Crippen LogP contribution is -2.34. The van der Waals surface area contributed by atoms with Crippen LogP contribution >= 0.6 is 0 Å². The molecule has 1 fully saturated rings. The van der Waals surface area contributed by atoms with E-state index < -0.39 is 0 Å². The maximum atomic E-state index is 13.3. The van der Waals surface area contributed by atoms with Crippen molar-refractivity contribution in [2.24, 2.45) is 0 Å². The quantitative estimate of drug-likeness (QED) is 0.826. The lowest BCUT2D eigenvalue weighted by molar-refractivity contribution is 0.154. The molecular formula is C15H23FN2O. The number of halogens is 1. The van der Waals surface area contributed by atoms with Crippen LogP contribution in [0.15, 0.2) is 24.3 Å². The van der Waals surface area contributed by atoms with Crippen LogP contribution in [0.4, 0.5) is 4.39 Å². The molecular weight excluding hydrogens is 243 g/mol. The molecule has 2 atom stereocenters. The van der Waals surface area contributed by atoms with Gasteiger partial charge in [0.25, 0.3) is 0 Å². The van der Waals surface area contributed by atoms with E-state index in [-0.39, 0.29) is 18.5 Å². The van der Waals surface area contributed by atoms with E-state index in [0.29, 0.717) is 6.04 Å². The first-order valence-corrected chi connectivity index (χ1v) is 7.02. The van der Waals surface area contributed by atoms with Crippen molar-refractivity contribution < 1.29 is 9.50 Å². The molecule has 0 spiro atoms. The molecule has 0 aromatic heterocycles. The zero-order chi connectivity index (χ0) is 13.7. The Balaban J connectivity index is 1.92. The van der Waals surface area contributed by atoms with Crippen molar-refractivity contribution in [1.29, 1.82) is 0 Å². The lowest BCUT2D eigenvalue weighted by Gasteiger charge is -2.25. The Hall–Kier alpha value is -0.970. The summed E-state index contributed by atoms with van der Waals surface area (Å²) in [6, 6.07) is 7.24. The second-order valence-electron chi connectivity index (χ2n) is 5.20. The minimum absolute atomic E-state index is 0.163. The zero-order valence-corrected chi connectivity index (χ0v) is 11.5. The molecule has 2 rings (SSSR count). The number of hydrogen-bond acceptors (Lipinski definition) is 3. The number of benzene rings is 1. The van der Waals surface area contributed by atoms with E-state index in [1.165, 1.54) is 6.07 Å². The Morgan fingerprint density at radius 3 is 3.05 bits per heavy atom. The molecule has 0 amide bonds. The highest BCUT2D eigenvalue weighted by Gasteiger charge is 2.24. The molecule has 4 heteroatoms. The van der Waals surface area contributed by atoms with Crippen molar-refractivity contribution in [2.45, 2.75) is 31.3 Å². The van der Waals surface area contributed by atoms with Gasteiger partial charge in [-0.1, -0.05) is 12.1 Å². The maximum Gasteiger partial charge on any atom is 0.123 e. The van der Waals surface area contributed by atoms with E-state index in [9.17, 15) is 9.50 Å². The largest absolute Gasteiger partial charge is 0.395 e.